The second-order valence-corrected chi connectivity index (χ2v) is 4.63. The standard InChI is InChI=1S/C14H11N5S/c15-14(20)11-5-13(18-9-6-16-8-17-7-9)19-12-4-2-1-3-10(11)12/h1-8H,(H2,15,20)(H,18,19). The van der Waals surface area contributed by atoms with E-state index < -0.39 is 0 Å². The van der Waals surface area contributed by atoms with Crippen molar-refractivity contribution in [3.05, 3.63) is 54.6 Å². The summed E-state index contributed by atoms with van der Waals surface area (Å²) < 4.78 is 0. The summed E-state index contributed by atoms with van der Waals surface area (Å²) in [4.78, 5) is 12.8. The quantitative estimate of drug-likeness (QED) is 0.718. The highest BCUT2D eigenvalue weighted by Gasteiger charge is 2.08. The number of thiocarbonyl (C=S) groups is 1. The van der Waals surface area contributed by atoms with Gasteiger partial charge in [-0.2, -0.15) is 0 Å². The van der Waals surface area contributed by atoms with Crippen molar-refractivity contribution < 1.29 is 0 Å². The summed E-state index contributed by atoms with van der Waals surface area (Å²) in [5.41, 5.74) is 8.17. The summed E-state index contributed by atoms with van der Waals surface area (Å²) in [7, 11) is 0. The molecule has 0 saturated carbocycles. The topological polar surface area (TPSA) is 76.7 Å². The summed E-state index contributed by atoms with van der Waals surface area (Å²) in [6.45, 7) is 0. The highest BCUT2D eigenvalue weighted by molar-refractivity contribution is 7.80. The van der Waals surface area contributed by atoms with Crippen molar-refractivity contribution in [2.24, 2.45) is 5.73 Å². The Morgan fingerprint density at radius 3 is 2.65 bits per heavy atom. The second kappa shape index (κ2) is 5.18. The zero-order chi connectivity index (χ0) is 13.9. The van der Waals surface area contributed by atoms with Crippen LogP contribution in [0.5, 0.6) is 0 Å². The van der Waals surface area contributed by atoms with E-state index >= 15 is 0 Å². The van der Waals surface area contributed by atoms with Crippen molar-refractivity contribution in [2.45, 2.75) is 0 Å². The molecule has 3 aromatic rings. The Bertz CT molecular complexity index is 773. The van der Waals surface area contributed by atoms with Crippen molar-refractivity contribution in [1.82, 2.24) is 15.0 Å². The molecule has 0 spiro atoms. The van der Waals surface area contributed by atoms with E-state index in [-0.39, 0.29) is 0 Å². The number of anilines is 2. The minimum Gasteiger partial charge on any atom is -0.389 e. The number of benzene rings is 1. The molecular formula is C14H11N5S. The van der Waals surface area contributed by atoms with Gasteiger partial charge in [-0.05, 0) is 12.1 Å². The molecular weight excluding hydrogens is 270 g/mol. The average Bonchev–Trinajstić information content (AvgIpc) is 2.47. The third-order valence-corrected chi connectivity index (χ3v) is 3.03. The van der Waals surface area contributed by atoms with Gasteiger partial charge in [0.15, 0.2) is 0 Å². The molecule has 0 unspecified atom stereocenters. The normalized spacial score (nSPS) is 10.4. The van der Waals surface area contributed by atoms with Gasteiger partial charge < -0.3 is 11.1 Å². The monoisotopic (exact) mass is 281 g/mol. The molecule has 3 rings (SSSR count). The Hall–Kier alpha value is -2.60. The Balaban J connectivity index is 2.10. The van der Waals surface area contributed by atoms with Gasteiger partial charge >= 0.3 is 0 Å². The van der Waals surface area contributed by atoms with Crippen LogP contribution in [-0.4, -0.2) is 19.9 Å². The lowest BCUT2D eigenvalue weighted by Gasteiger charge is -2.09. The number of fused-ring (bicyclic) bond motifs is 1. The fourth-order valence-corrected chi connectivity index (χ4v) is 2.12. The zero-order valence-electron chi connectivity index (χ0n) is 10.4. The van der Waals surface area contributed by atoms with Crippen LogP contribution >= 0.6 is 12.2 Å². The molecule has 0 radical (unpaired) electrons. The van der Waals surface area contributed by atoms with Gasteiger partial charge in [-0.15, -0.1) is 0 Å². The van der Waals surface area contributed by atoms with Crippen LogP contribution in [0.2, 0.25) is 0 Å². The minimum atomic E-state index is 0.343. The van der Waals surface area contributed by atoms with Crippen molar-refractivity contribution in [1.29, 1.82) is 0 Å². The number of para-hydroxylation sites is 1. The van der Waals surface area contributed by atoms with Crippen LogP contribution in [0.25, 0.3) is 10.9 Å². The van der Waals surface area contributed by atoms with Crippen molar-refractivity contribution >= 4 is 39.6 Å². The number of hydrogen-bond acceptors (Lipinski definition) is 5. The smallest absolute Gasteiger partial charge is 0.131 e. The van der Waals surface area contributed by atoms with Crippen LogP contribution in [0.1, 0.15) is 5.56 Å². The van der Waals surface area contributed by atoms with E-state index in [2.05, 4.69) is 20.3 Å². The maximum atomic E-state index is 5.79. The van der Waals surface area contributed by atoms with Gasteiger partial charge in [0.2, 0.25) is 0 Å². The first-order valence-electron chi connectivity index (χ1n) is 5.95. The van der Waals surface area contributed by atoms with E-state index in [9.17, 15) is 0 Å². The summed E-state index contributed by atoms with van der Waals surface area (Å²) in [5.74, 6) is 0.654. The number of aromatic nitrogens is 3. The summed E-state index contributed by atoms with van der Waals surface area (Å²) in [6.07, 6.45) is 4.81. The van der Waals surface area contributed by atoms with E-state index in [0.717, 1.165) is 22.2 Å². The van der Waals surface area contributed by atoms with Crippen LogP contribution in [0.4, 0.5) is 11.5 Å². The largest absolute Gasteiger partial charge is 0.389 e. The molecule has 3 N–H and O–H groups in total. The highest BCUT2D eigenvalue weighted by atomic mass is 32.1. The van der Waals surface area contributed by atoms with E-state index in [1.54, 1.807) is 12.4 Å². The molecule has 98 valence electrons. The predicted octanol–water partition coefficient (Wildman–Crippen LogP) is 2.40. The van der Waals surface area contributed by atoms with Crippen LogP contribution in [-0.2, 0) is 0 Å². The van der Waals surface area contributed by atoms with Gasteiger partial charge in [-0.25, -0.2) is 15.0 Å². The summed E-state index contributed by atoms with van der Waals surface area (Å²) in [6, 6.07) is 9.56. The summed E-state index contributed by atoms with van der Waals surface area (Å²) in [5, 5.41) is 4.08. The van der Waals surface area contributed by atoms with Crippen molar-refractivity contribution in [3.63, 3.8) is 0 Å². The lowest BCUT2D eigenvalue weighted by molar-refractivity contribution is 1.16. The Labute approximate surface area is 120 Å². The van der Waals surface area contributed by atoms with E-state index in [4.69, 9.17) is 18.0 Å². The highest BCUT2D eigenvalue weighted by Crippen LogP contribution is 2.22. The second-order valence-electron chi connectivity index (χ2n) is 4.19. The number of nitrogens with zero attached hydrogens (tertiary/aromatic N) is 3. The average molecular weight is 281 g/mol. The molecule has 2 aromatic heterocycles. The van der Waals surface area contributed by atoms with E-state index in [1.807, 2.05) is 30.3 Å². The van der Waals surface area contributed by atoms with Crippen molar-refractivity contribution in [3.8, 4) is 0 Å². The van der Waals surface area contributed by atoms with Crippen LogP contribution < -0.4 is 11.1 Å². The van der Waals surface area contributed by atoms with Crippen LogP contribution in [0.15, 0.2) is 49.1 Å². The Morgan fingerprint density at radius 1 is 1.15 bits per heavy atom. The lowest BCUT2D eigenvalue weighted by Crippen LogP contribution is -2.11. The molecule has 5 nitrogen and oxygen atoms in total. The molecule has 0 aliphatic rings. The number of nitrogens with two attached hydrogens (primary N) is 1. The van der Waals surface area contributed by atoms with Gasteiger partial charge in [-0.3, -0.25) is 0 Å². The third-order valence-electron chi connectivity index (χ3n) is 2.81. The van der Waals surface area contributed by atoms with Gasteiger partial charge in [0.1, 0.15) is 17.1 Å². The van der Waals surface area contributed by atoms with E-state index in [0.29, 0.717) is 10.8 Å². The molecule has 6 heteroatoms. The zero-order valence-corrected chi connectivity index (χ0v) is 11.3. The minimum absolute atomic E-state index is 0.343. The molecule has 1 aromatic carbocycles. The van der Waals surface area contributed by atoms with Crippen molar-refractivity contribution in [2.75, 3.05) is 5.32 Å². The van der Waals surface area contributed by atoms with Gasteiger partial charge in [0.05, 0.1) is 23.6 Å². The number of pyridine rings is 1. The lowest BCUT2D eigenvalue weighted by atomic mass is 10.1. The molecule has 2 heterocycles. The maximum Gasteiger partial charge on any atom is 0.131 e. The Morgan fingerprint density at radius 2 is 1.90 bits per heavy atom. The Kier molecular flexibility index (Phi) is 3.22. The first kappa shape index (κ1) is 12.4. The van der Waals surface area contributed by atoms with Crippen LogP contribution in [0, 0.1) is 0 Å². The first-order valence-corrected chi connectivity index (χ1v) is 6.36. The molecule has 0 saturated heterocycles. The SMILES string of the molecule is NC(=S)c1cc(Nc2cncnc2)nc2ccccc12. The number of hydrogen-bond donors (Lipinski definition) is 2. The molecule has 0 aliphatic heterocycles. The molecule has 0 bridgehead atoms. The molecule has 0 fully saturated rings. The van der Waals surface area contributed by atoms with E-state index in [1.165, 1.54) is 6.33 Å². The maximum absolute atomic E-state index is 5.79. The first-order chi connectivity index (χ1) is 9.74. The number of rotatable bonds is 3. The van der Waals surface area contributed by atoms with Gasteiger partial charge in [0.25, 0.3) is 0 Å². The molecule has 20 heavy (non-hydrogen) atoms. The number of nitrogens with one attached hydrogen (secondary N) is 1. The molecule has 0 atom stereocenters. The fourth-order valence-electron chi connectivity index (χ4n) is 1.95. The molecule has 0 aliphatic carbocycles. The fraction of sp³-hybridized carbons (Fsp3) is 0. The third kappa shape index (κ3) is 2.41. The molecule has 0 amide bonds. The summed E-state index contributed by atoms with van der Waals surface area (Å²) >= 11 is 5.11. The van der Waals surface area contributed by atoms with Gasteiger partial charge in [0, 0.05) is 10.9 Å². The van der Waals surface area contributed by atoms with Crippen LogP contribution in [0.3, 0.4) is 0 Å². The van der Waals surface area contributed by atoms with Gasteiger partial charge in [-0.1, -0.05) is 30.4 Å². The predicted molar refractivity (Wildman–Crippen MR) is 82.9 cm³/mol.